The van der Waals surface area contributed by atoms with Gasteiger partial charge in [-0.1, -0.05) is 6.07 Å². The highest BCUT2D eigenvalue weighted by molar-refractivity contribution is 5.47. The molecular formula is C14H19N5O2. The smallest absolute Gasteiger partial charge is 0.295 e. The van der Waals surface area contributed by atoms with E-state index in [0.29, 0.717) is 12.4 Å². The summed E-state index contributed by atoms with van der Waals surface area (Å²) < 4.78 is 5.02. The van der Waals surface area contributed by atoms with Gasteiger partial charge in [0.1, 0.15) is 0 Å². The lowest BCUT2D eigenvalue weighted by Gasteiger charge is -2.09. The minimum Gasteiger partial charge on any atom is -0.489 e. The SMILES string of the molecule is COc1c(NCCCNCc2cccnc2)nc[nH]c1=O. The van der Waals surface area contributed by atoms with E-state index in [0.717, 1.165) is 25.1 Å². The number of methoxy groups -OCH3 is 1. The molecule has 21 heavy (non-hydrogen) atoms. The number of aromatic nitrogens is 3. The van der Waals surface area contributed by atoms with Gasteiger partial charge in [-0.15, -0.1) is 0 Å². The molecule has 0 saturated heterocycles. The Labute approximate surface area is 122 Å². The number of pyridine rings is 1. The molecule has 0 aromatic carbocycles. The fourth-order valence-electron chi connectivity index (χ4n) is 1.86. The number of rotatable bonds is 8. The Morgan fingerprint density at radius 3 is 3.05 bits per heavy atom. The Kier molecular flexibility index (Phi) is 5.71. The fourth-order valence-corrected chi connectivity index (χ4v) is 1.86. The van der Waals surface area contributed by atoms with E-state index in [4.69, 9.17) is 4.74 Å². The highest BCUT2D eigenvalue weighted by Crippen LogP contribution is 2.13. The molecule has 2 aromatic heterocycles. The van der Waals surface area contributed by atoms with Crippen molar-refractivity contribution in [2.24, 2.45) is 0 Å². The maximum Gasteiger partial charge on any atom is 0.295 e. The number of nitrogens with zero attached hydrogens (tertiary/aromatic N) is 2. The van der Waals surface area contributed by atoms with Crippen molar-refractivity contribution in [2.75, 3.05) is 25.5 Å². The summed E-state index contributed by atoms with van der Waals surface area (Å²) >= 11 is 0. The predicted octanol–water partition coefficient (Wildman–Crippen LogP) is 0.765. The Morgan fingerprint density at radius 1 is 1.38 bits per heavy atom. The summed E-state index contributed by atoms with van der Waals surface area (Å²) in [5, 5.41) is 6.42. The highest BCUT2D eigenvalue weighted by Gasteiger charge is 2.07. The number of ether oxygens (including phenoxy) is 1. The van der Waals surface area contributed by atoms with Gasteiger partial charge in [0.25, 0.3) is 5.56 Å². The van der Waals surface area contributed by atoms with Crippen LogP contribution in [-0.4, -0.2) is 35.2 Å². The van der Waals surface area contributed by atoms with Crippen LogP contribution in [0.1, 0.15) is 12.0 Å². The van der Waals surface area contributed by atoms with Gasteiger partial charge in [0.05, 0.1) is 13.4 Å². The minimum atomic E-state index is -0.287. The predicted molar refractivity (Wildman–Crippen MR) is 80.5 cm³/mol. The van der Waals surface area contributed by atoms with Crippen LogP contribution in [0.4, 0.5) is 5.82 Å². The second-order valence-corrected chi connectivity index (χ2v) is 4.43. The van der Waals surface area contributed by atoms with Crippen molar-refractivity contribution in [1.29, 1.82) is 0 Å². The van der Waals surface area contributed by atoms with Crippen molar-refractivity contribution < 1.29 is 4.74 Å². The maximum atomic E-state index is 11.5. The number of aromatic amines is 1. The van der Waals surface area contributed by atoms with Gasteiger partial charge in [-0.25, -0.2) is 4.98 Å². The van der Waals surface area contributed by atoms with Gasteiger partial charge in [0, 0.05) is 25.5 Å². The molecule has 2 heterocycles. The summed E-state index contributed by atoms with van der Waals surface area (Å²) in [6, 6.07) is 3.95. The van der Waals surface area contributed by atoms with Crippen molar-refractivity contribution >= 4 is 5.82 Å². The molecule has 0 fully saturated rings. The summed E-state index contributed by atoms with van der Waals surface area (Å²) in [6.07, 6.45) is 5.86. The number of nitrogens with one attached hydrogen (secondary N) is 3. The van der Waals surface area contributed by atoms with Crippen LogP contribution in [0, 0.1) is 0 Å². The molecule has 0 bridgehead atoms. The van der Waals surface area contributed by atoms with Crippen molar-refractivity contribution in [2.45, 2.75) is 13.0 Å². The van der Waals surface area contributed by atoms with Gasteiger partial charge in [-0.2, -0.15) is 0 Å². The molecule has 112 valence electrons. The molecule has 2 aromatic rings. The molecule has 7 heteroatoms. The first-order valence-electron chi connectivity index (χ1n) is 6.76. The Bertz CT molecular complexity index is 600. The largest absolute Gasteiger partial charge is 0.489 e. The van der Waals surface area contributed by atoms with Crippen LogP contribution >= 0.6 is 0 Å². The van der Waals surface area contributed by atoms with Crippen LogP contribution in [0.3, 0.4) is 0 Å². The zero-order valence-corrected chi connectivity index (χ0v) is 11.9. The lowest BCUT2D eigenvalue weighted by Crippen LogP contribution is -2.19. The Balaban J connectivity index is 1.68. The van der Waals surface area contributed by atoms with Crippen LogP contribution in [0.2, 0.25) is 0 Å². The summed E-state index contributed by atoms with van der Waals surface area (Å²) in [6.45, 7) is 2.35. The van der Waals surface area contributed by atoms with Crippen molar-refractivity contribution in [1.82, 2.24) is 20.3 Å². The second kappa shape index (κ2) is 8.01. The summed E-state index contributed by atoms with van der Waals surface area (Å²) in [5.74, 6) is 0.675. The lowest BCUT2D eigenvalue weighted by atomic mass is 10.3. The molecule has 0 amide bonds. The Morgan fingerprint density at radius 2 is 2.29 bits per heavy atom. The van der Waals surface area contributed by atoms with Gasteiger partial charge in [-0.3, -0.25) is 9.78 Å². The average molecular weight is 289 g/mol. The number of H-pyrrole nitrogens is 1. The number of hydrogen-bond acceptors (Lipinski definition) is 6. The van der Waals surface area contributed by atoms with Crippen LogP contribution < -0.4 is 20.9 Å². The average Bonchev–Trinajstić information content (AvgIpc) is 2.52. The van der Waals surface area contributed by atoms with Crippen LogP contribution in [-0.2, 0) is 6.54 Å². The third-order valence-corrected chi connectivity index (χ3v) is 2.89. The van der Waals surface area contributed by atoms with E-state index >= 15 is 0 Å². The van der Waals surface area contributed by atoms with Crippen molar-refractivity contribution in [3.8, 4) is 5.75 Å². The Hall–Kier alpha value is -2.41. The molecule has 0 aliphatic heterocycles. The molecule has 0 aliphatic rings. The maximum absolute atomic E-state index is 11.5. The van der Waals surface area contributed by atoms with E-state index in [1.807, 2.05) is 18.3 Å². The lowest BCUT2D eigenvalue weighted by molar-refractivity contribution is 0.408. The van der Waals surface area contributed by atoms with E-state index in [1.54, 1.807) is 6.20 Å². The molecule has 2 rings (SSSR count). The normalized spacial score (nSPS) is 10.3. The fraction of sp³-hybridized carbons (Fsp3) is 0.357. The van der Waals surface area contributed by atoms with E-state index in [2.05, 4.69) is 25.6 Å². The quantitative estimate of drug-likeness (QED) is 0.622. The molecule has 0 unspecified atom stereocenters. The molecule has 0 atom stereocenters. The van der Waals surface area contributed by atoms with Gasteiger partial charge in [0.2, 0.25) is 5.75 Å². The van der Waals surface area contributed by atoms with E-state index in [-0.39, 0.29) is 11.3 Å². The second-order valence-electron chi connectivity index (χ2n) is 4.43. The van der Waals surface area contributed by atoms with Crippen LogP contribution in [0.25, 0.3) is 0 Å². The van der Waals surface area contributed by atoms with Crippen LogP contribution in [0.15, 0.2) is 35.6 Å². The van der Waals surface area contributed by atoms with Crippen molar-refractivity contribution in [3.05, 3.63) is 46.8 Å². The zero-order valence-electron chi connectivity index (χ0n) is 11.9. The first kappa shape index (κ1) is 15.0. The first-order chi connectivity index (χ1) is 10.3. The monoisotopic (exact) mass is 289 g/mol. The first-order valence-corrected chi connectivity index (χ1v) is 6.76. The highest BCUT2D eigenvalue weighted by atomic mass is 16.5. The third-order valence-electron chi connectivity index (χ3n) is 2.89. The molecular weight excluding hydrogens is 270 g/mol. The minimum absolute atomic E-state index is 0.209. The van der Waals surface area contributed by atoms with E-state index in [1.165, 1.54) is 13.4 Å². The summed E-state index contributed by atoms with van der Waals surface area (Å²) in [4.78, 5) is 22.1. The zero-order chi connectivity index (χ0) is 14.9. The third kappa shape index (κ3) is 4.57. The van der Waals surface area contributed by atoms with E-state index in [9.17, 15) is 4.79 Å². The number of anilines is 1. The molecule has 7 nitrogen and oxygen atoms in total. The molecule has 0 spiro atoms. The van der Waals surface area contributed by atoms with Gasteiger partial charge in [-0.05, 0) is 24.6 Å². The number of hydrogen-bond donors (Lipinski definition) is 3. The topological polar surface area (TPSA) is 91.9 Å². The van der Waals surface area contributed by atoms with Gasteiger partial charge < -0.3 is 20.4 Å². The summed E-state index contributed by atoms with van der Waals surface area (Å²) in [7, 11) is 1.45. The molecule has 0 radical (unpaired) electrons. The van der Waals surface area contributed by atoms with Crippen molar-refractivity contribution in [3.63, 3.8) is 0 Å². The van der Waals surface area contributed by atoms with Gasteiger partial charge in [0.15, 0.2) is 5.82 Å². The summed E-state index contributed by atoms with van der Waals surface area (Å²) in [5.41, 5.74) is 0.869. The molecule has 3 N–H and O–H groups in total. The van der Waals surface area contributed by atoms with Crippen LogP contribution in [0.5, 0.6) is 5.75 Å². The standard InChI is InChI=1S/C14H19N5O2/c1-21-12-13(18-10-19-14(12)20)17-7-3-6-16-9-11-4-2-5-15-8-11/h2,4-5,8,10,16H,3,6-7,9H2,1H3,(H2,17,18,19,20). The van der Waals surface area contributed by atoms with E-state index < -0.39 is 0 Å². The molecule has 0 aliphatic carbocycles. The molecule has 0 saturated carbocycles. The van der Waals surface area contributed by atoms with Gasteiger partial charge >= 0.3 is 0 Å².